The highest BCUT2D eigenvalue weighted by molar-refractivity contribution is 6.30. The van der Waals surface area contributed by atoms with E-state index in [4.69, 9.17) is 4.74 Å². The summed E-state index contributed by atoms with van der Waals surface area (Å²) in [5.74, 6) is -0.792. The van der Waals surface area contributed by atoms with E-state index in [0.717, 1.165) is 5.56 Å². The van der Waals surface area contributed by atoms with Crippen LogP contribution < -0.4 is 5.32 Å². The van der Waals surface area contributed by atoms with Crippen LogP contribution in [0.2, 0.25) is 0 Å². The molecule has 1 aliphatic rings. The van der Waals surface area contributed by atoms with Gasteiger partial charge in [-0.2, -0.15) is 0 Å². The van der Waals surface area contributed by atoms with Gasteiger partial charge in [-0.1, -0.05) is 26.8 Å². The van der Waals surface area contributed by atoms with Gasteiger partial charge in [0, 0.05) is 11.1 Å². The highest BCUT2D eigenvalue weighted by Gasteiger charge is 2.29. The molecule has 0 saturated heterocycles. The van der Waals surface area contributed by atoms with Crippen molar-refractivity contribution < 1.29 is 14.3 Å². The van der Waals surface area contributed by atoms with Gasteiger partial charge in [0.15, 0.2) is 0 Å². The number of carbonyl (C=O) groups excluding carboxylic acids is 2. The van der Waals surface area contributed by atoms with Gasteiger partial charge in [-0.15, -0.1) is 0 Å². The highest BCUT2D eigenvalue weighted by Crippen LogP contribution is 2.30. The Hall–Kier alpha value is -2.10. The minimum absolute atomic E-state index is 0.0514. The average Bonchev–Trinajstić information content (AvgIpc) is 2.32. The lowest BCUT2D eigenvalue weighted by molar-refractivity contribution is -0.114. The molecule has 0 aromatic heterocycles. The van der Waals surface area contributed by atoms with Gasteiger partial charge >= 0.3 is 0 Å². The smallest absolute Gasteiger partial charge is 0.261 e. The van der Waals surface area contributed by atoms with Gasteiger partial charge in [0.05, 0.1) is 18.9 Å². The molecule has 0 aliphatic carbocycles. The third kappa shape index (κ3) is 2.38. The van der Waals surface area contributed by atoms with Crippen molar-refractivity contribution in [3.63, 3.8) is 0 Å². The lowest BCUT2D eigenvalue weighted by atomic mass is 9.83. The molecule has 0 radical (unpaired) electrons. The second kappa shape index (κ2) is 4.53. The van der Waals surface area contributed by atoms with Crippen LogP contribution in [0.5, 0.6) is 0 Å². The molecule has 4 nitrogen and oxygen atoms in total. The highest BCUT2D eigenvalue weighted by atomic mass is 16.5. The first-order valence-corrected chi connectivity index (χ1v) is 6.08. The van der Waals surface area contributed by atoms with E-state index in [1.165, 1.54) is 13.4 Å². The van der Waals surface area contributed by atoms with Crippen molar-refractivity contribution in [2.24, 2.45) is 0 Å². The van der Waals surface area contributed by atoms with Gasteiger partial charge in [0.1, 0.15) is 0 Å². The van der Waals surface area contributed by atoms with Crippen molar-refractivity contribution in [1.82, 2.24) is 5.32 Å². The summed E-state index contributed by atoms with van der Waals surface area (Å²) < 4.78 is 4.94. The first-order chi connectivity index (χ1) is 8.84. The maximum absolute atomic E-state index is 11.8. The molecule has 1 aromatic carbocycles. The predicted octanol–water partition coefficient (Wildman–Crippen LogP) is 2.24. The SMILES string of the molecule is CO/C=C1\C(=O)NC(=O)c2ccc(C(C)(C)C)cc21. The van der Waals surface area contributed by atoms with Crippen LogP contribution in [-0.2, 0) is 14.9 Å². The monoisotopic (exact) mass is 259 g/mol. The van der Waals surface area contributed by atoms with Crippen LogP contribution >= 0.6 is 0 Å². The van der Waals surface area contributed by atoms with Crippen LogP contribution in [0, 0.1) is 0 Å². The number of nitrogens with one attached hydrogen (secondary N) is 1. The number of ether oxygens (including phenoxy) is 1. The van der Waals surface area contributed by atoms with Crippen LogP contribution in [0.3, 0.4) is 0 Å². The summed E-state index contributed by atoms with van der Waals surface area (Å²) in [5, 5.41) is 2.30. The number of fused-ring (bicyclic) bond motifs is 1. The van der Waals surface area contributed by atoms with Gasteiger partial charge in [-0.3, -0.25) is 14.9 Å². The number of imide groups is 1. The Morgan fingerprint density at radius 1 is 1.11 bits per heavy atom. The molecule has 0 bridgehead atoms. The zero-order valence-electron chi connectivity index (χ0n) is 11.5. The Balaban J connectivity index is 2.65. The summed E-state index contributed by atoms with van der Waals surface area (Å²) >= 11 is 0. The Kier molecular flexibility index (Phi) is 3.18. The maximum Gasteiger partial charge on any atom is 0.261 e. The van der Waals surface area contributed by atoms with Crippen molar-refractivity contribution in [3.05, 3.63) is 41.2 Å². The number of methoxy groups -OCH3 is 1. The molecule has 0 spiro atoms. The topological polar surface area (TPSA) is 55.4 Å². The molecule has 1 aliphatic heterocycles. The van der Waals surface area contributed by atoms with Crippen molar-refractivity contribution in [2.45, 2.75) is 26.2 Å². The van der Waals surface area contributed by atoms with Crippen LogP contribution in [0.1, 0.15) is 42.3 Å². The van der Waals surface area contributed by atoms with Crippen molar-refractivity contribution >= 4 is 17.4 Å². The predicted molar refractivity (Wildman–Crippen MR) is 72.6 cm³/mol. The molecule has 0 saturated carbocycles. The van der Waals surface area contributed by atoms with Crippen molar-refractivity contribution in [3.8, 4) is 0 Å². The summed E-state index contributed by atoms with van der Waals surface area (Å²) in [7, 11) is 1.48. The van der Waals surface area contributed by atoms with Gasteiger partial charge in [-0.25, -0.2) is 0 Å². The Morgan fingerprint density at radius 3 is 2.37 bits per heavy atom. The molecule has 0 atom stereocenters. The lowest BCUT2D eigenvalue weighted by Gasteiger charge is -2.23. The van der Waals surface area contributed by atoms with E-state index in [1.807, 2.05) is 12.1 Å². The number of rotatable bonds is 1. The number of hydrogen-bond acceptors (Lipinski definition) is 3. The fraction of sp³-hybridized carbons (Fsp3) is 0.333. The summed E-state index contributed by atoms with van der Waals surface area (Å²) in [6, 6.07) is 5.55. The molecule has 1 aromatic rings. The standard InChI is InChI=1S/C15H17NO3/c1-15(2,3)9-5-6-10-11(7-9)12(8-19-4)14(18)16-13(10)17/h5-8H,1-4H3,(H,16,17,18)/b12-8-. The molecule has 0 fully saturated rings. The largest absolute Gasteiger partial charge is 0.504 e. The maximum atomic E-state index is 11.8. The molecule has 100 valence electrons. The van der Waals surface area contributed by atoms with E-state index in [-0.39, 0.29) is 11.3 Å². The van der Waals surface area contributed by atoms with E-state index in [9.17, 15) is 9.59 Å². The van der Waals surface area contributed by atoms with Crippen molar-refractivity contribution in [1.29, 1.82) is 0 Å². The molecular formula is C15H17NO3. The Morgan fingerprint density at radius 2 is 1.79 bits per heavy atom. The third-order valence-electron chi connectivity index (χ3n) is 3.13. The first kappa shape index (κ1) is 13.3. The molecule has 2 amide bonds. The fourth-order valence-electron chi connectivity index (χ4n) is 2.03. The summed E-state index contributed by atoms with van der Waals surface area (Å²) in [6.07, 6.45) is 1.37. The van der Waals surface area contributed by atoms with Gasteiger partial charge in [-0.05, 0) is 23.1 Å². The minimum atomic E-state index is -0.426. The van der Waals surface area contributed by atoms with E-state index >= 15 is 0 Å². The van der Waals surface area contributed by atoms with E-state index < -0.39 is 5.91 Å². The van der Waals surface area contributed by atoms with Gasteiger partial charge < -0.3 is 4.74 Å². The quantitative estimate of drug-likeness (QED) is 0.478. The number of benzene rings is 1. The second-order valence-corrected chi connectivity index (χ2v) is 5.56. The second-order valence-electron chi connectivity index (χ2n) is 5.56. The molecule has 1 heterocycles. The zero-order chi connectivity index (χ0) is 14.2. The van der Waals surface area contributed by atoms with Crippen LogP contribution in [-0.4, -0.2) is 18.9 Å². The van der Waals surface area contributed by atoms with Crippen LogP contribution in [0.4, 0.5) is 0 Å². The van der Waals surface area contributed by atoms with Crippen LogP contribution in [0.15, 0.2) is 24.5 Å². The van der Waals surface area contributed by atoms with Gasteiger partial charge in [0.2, 0.25) is 0 Å². The van der Waals surface area contributed by atoms with Crippen molar-refractivity contribution in [2.75, 3.05) is 7.11 Å². The van der Waals surface area contributed by atoms with E-state index in [0.29, 0.717) is 16.7 Å². The normalized spacial score (nSPS) is 17.2. The molecular weight excluding hydrogens is 242 g/mol. The van der Waals surface area contributed by atoms with Crippen LogP contribution in [0.25, 0.3) is 5.57 Å². The number of amides is 2. The summed E-state index contributed by atoms with van der Waals surface area (Å²) in [5.41, 5.74) is 2.52. The summed E-state index contributed by atoms with van der Waals surface area (Å²) in [4.78, 5) is 23.6. The lowest BCUT2D eigenvalue weighted by Crippen LogP contribution is -2.36. The van der Waals surface area contributed by atoms with E-state index in [1.54, 1.807) is 6.07 Å². The molecule has 2 rings (SSSR count). The minimum Gasteiger partial charge on any atom is -0.504 e. The Bertz CT molecular complexity index is 580. The molecule has 0 unspecified atom stereocenters. The summed E-state index contributed by atoms with van der Waals surface area (Å²) in [6.45, 7) is 6.25. The molecule has 4 heteroatoms. The van der Waals surface area contributed by atoms with Gasteiger partial charge in [0.25, 0.3) is 11.8 Å². The molecule has 19 heavy (non-hydrogen) atoms. The van der Waals surface area contributed by atoms with E-state index in [2.05, 4.69) is 26.1 Å². The zero-order valence-corrected chi connectivity index (χ0v) is 11.5. The fourth-order valence-corrected chi connectivity index (χ4v) is 2.03. The third-order valence-corrected chi connectivity index (χ3v) is 3.13. The first-order valence-electron chi connectivity index (χ1n) is 6.08. The number of hydrogen-bond donors (Lipinski definition) is 1. The molecule has 1 N–H and O–H groups in total. The Labute approximate surface area is 112 Å². The number of carbonyl (C=O) groups is 2. The average molecular weight is 259 g/mol.